The van der Waals surface area contributed by atoms with Crippen molar-refractivity contribution >= 4 is 17.3 Å². The van der Waals surface area contributed by atoms with Gasteiger partial charge in [0.1, 0.15) is 5.76 Å². The molecule has 0 spiro atoms. The minimum absolute atomic E-state index is 0.113. The summed E-state index contributed by atoms with van der Waals surface area (Å²) in [5.41, 5.74) is 0.869. The van der Waals surface area contributed by atoms with Gasteiger partial charge >= 0.3 is 0 Å². The van der Waals surface area contributed by atoms with Crippen molar-refractivity contribution in [3.05, 3.63) is 60.1 Å². The highest BCUT2D eigenvalue weighted by molar-refractivity contribution is 6.02. The highest BCUT2D eigenvalue weighted by atomic mass is 16.3. The fourth-order valence-electron chi connectivity index (χ4n) is 3.84. The minimum atomic E-state index is -0.329. The molecule has 1 aliphatic heterocycles. The summed E-state index contributed by atoms with van der Waals surface area (Å²) in [5.74, 6) is 0.508. The van der Waals surface area contributed by atoms with Crippen molar-refractivity contribution in [1.82, 2.24) is 19.6 Å². The molecule has 7 nitrogen and oxygen atoms in total. The number of rotatable bonds is 5. The molecule has 0 radical (unpaired) electrons. The largest absolute Gasteiger partial charge is 0.467 e. The van der Waals surface area contributed by atoms with Gasteiger partial charge in [-0.3, -0.25) is 14.0 Å². The van der Waals surface area contributed by atoms with E-state index in [0.29, 0.717) is 17.1 Å². The van der Waals surface area contributed by atoms with Crippen LogP contribution in [0.4, 0.5) is 0 Å². The first-order valence-corrected chi connectivity index (χ1v) is 9.77. The summed E-state index contributed by atoms with van der Waals surface area (Å²) in [6, 6.07) is 9.27. The quantitative estimate of drug-likeness (QED) is 0.737. The Labute approximate surface area is 163 Å². The molecule has 1 N–H and O–H groups in total. The van der Waals surface area contributed by atoms with Crippen LogP contribution in [0.1, 0.15) is 59.5 Å². The van der Waals surface area contributed by atoms with Crippen LogP contribution in [0.2, 0.25) is 0 Å². The molecule has 1 aliphatic rings. The fourth-order valence-corrected chi connectivity index (χ4v) is 3.84. The minimum Gasteiger partial charge on any atom is -0.467 e. The van der Waals surface area contributed by atoms with Crippen molar-refractivity contribution in [3.63, 3.8) is 0 Å². The average Bonchev–Trinajstić information content (AvgIpc) is 3.39. The molecule has 1 saturated heterocycles. The molecule has 1 fully saturated rings. The van der Waals surface area contributed by atoms with Gasteiger partial charge in [0.2, 0.25) is 5.82 Å². The Balaban J connectivity index is 1.64. The molecule has 28 heavy (non-hydrogen) atoms. The topological polar surface area (TPSA) is 79.8 Å². The Hall–Kier alpha value is -3.09. The van der Waals surface area contributed by atoms with Crippen LogP contribution in [0.15, 0.2) is 47.2 Å². The van der Waals surface area contributed by atoms with Gasteiger partial charge in [0.15, 0.2) is 5.69 Å². The summed E-state index contributed by atoms with van der Waals surface area (Å²) < 4.78 is 6.97. The molecule has 7 heteroatoms. The zero-order chi connectivity index (χ0) is 19.5. The third kappa shape index (κ3) is 3.40. The van der Waals surface area contributed by atoms with E-state index in [9.17, 15) is 9.59 Å². The van der Waals surface area contributed by atoms with Crippen LogP contribution in [-0.2, 0) is 6.54 Å². The van der Waals surface area contributed by atoms with E-state index in [2.05, 4.69) is 17.2 Å². The first kappa shape index (κ1) is 18.3. The third-order valence-electron chi connectivity index (χ3n) is 5.32. The number of carbonyl (C=O) groups is 2. The normalized spacial score (nSPS) is 17.0. The monoisotopic (exact) mass is 380 g/mol. The van der Waals surface area contributed by atoms with E-state index in [1.807, 2.05) is 17.0 Å². The van der Waals surface area contributed by atoms with Gasteiger partial charge in [0, 0.05) is 18.8 Å². The van der Waals surface area contributed by atoms with E-state index in [1.165, 1.54) is 0 Å². The summed E-state index contributed by atoms with van der Waals surface area (Å²) in [5, 5.41) is 2.81. The van der Waals surface area contributed by atoms with Crippen molar-refractivity contribution < 1.29 is 14.0 Å². The Bertz CT molecular complexity index is 977. The lowest BCUT2D eigenvalue weighted by Crippen LogP contribution is -2.44. The van der Waals surface area contributed by atoms with Crippen molar-refractivity contribution in [3.8, 4) is 0 Å². The molecule has 0 saturated carbocycles. The van der Waals surface area contributed by atoms with Gasteiger partial charge in [0.25, 0.3) is 11.8 Å². The second-order valence-corrected chi connectivity index (χ2v) is 7.06. The maximum atomic E-state index is 13.3. The van der Waals surface area contributed by atoms with Gasteiger partial charge in [0.05, 0.1) is 18.3 Å². The summed E-state index contributed by atoms with van der Waals surface area (Å²) >= 11 is 0. The number of nitrogens with one attached hydrogen (secondary N) is 1. The van der Waals surface area contributed by atoms with Gasteiger partial charge in [-0.25, -0.2) is 4.98 Å². The zero-order valence-electron chi connectivity index (χ0n) is 15.9. The van der Waals surface area contributed by atoms with Crippen LogP contribution in [0.3, 0.4) is 0 Å². The molecule has 4 heterocycles. The molecule has 0 bridgehead atoms. The van der Waals surface area contributed by atoms with Gasteiger partial charge < -0.3 is 14.6 Å². The molecular weight excluding hydrogens is 356 g/mol. The Morgan fingerprint density at radius 3 is 2.93 bits per heavy atom. The summed E-state index contributed by atoms with van der Waals surface area (Å²) in [7, 11) is 0. The van der Waals surface area contributed by atoms with E-state index >= 15 is 0 Å². The Morgan fingerprint density at radius 2 is 2.14 bits per heavy atom. The van der Waals surface area contributed by atoms with E-state index in [0.717, 1.165) is 32.2 Å². The van der Waals surface area contributed by atoms with Gasteiger partial charge in [-0.15, -0.1) is 0 Å². The smallest absolute Gasteiger partial charge is 0.290 e. The maximum Gasteiger partial charge on any atom is 0.290 e. The van der Waals surface area contributed by atoms with Crippen LogP contribution in [0.5, 0.6) is 0 Å². The first-order chi connectivity index (χ1) is 13.7. The molecule has 1 atom stereocenters. The van der Waals surface area contributed by atoms with Crippen LogP contribution in [0.25, 0.3) is 5.52 Å². The number of hydrogen-bond acceptors (Lipinski definition) is 4. The number of fused-ring (bicyclic) bond motifs is 1. The SMILES string of the molecule is CCC1CCCCN1C(=O)c1nc(C(=O)NCc2ccco2)c2ccccn12. The number of carbonyl (C=O) groups excluding carboxylic acids is 2. The second-order valence-electron chi connectivity index (χ2n) is 7.06. The van der Waals surface area contributed by atoms with Crippen molar-refractivity contribution in [2.45, 2.75) is 45.2 Å². The molecule has 3 aromatic rings. The number of imidazole rings is 1. The predicted molar refractivity (Wildman–Crippen MR) is 104 cm³/mol. The maximum absolute atomic E-state index is 13.3. The van der Waals surface area contributed by atoms with Gasteiger partial charge in [-0.05, 0) is 49.9 Å². The lowest BCUT2D eigenvalue weighted by molar-refractivity contribution is 0.0594. The number of pyridine rings is 1. The third-order valence-corrected chi connectivity index (χ3v) is 5.32. The second kappa shape index (κ2) is 7.88. The standard InChI is InChI=1S/C21H24N4O3/c1-2-15-8-3-5-11-24(15)21(27)19-23-18(17-10-4-6-12-25(17)19)20(26)22-14-16-9-7-13-28-16/h4,6-7,9-10,12-13,15H,2-3,5,8,11,14H2,1H3,(H,22,26). The molecule has 0 aromatic carbocycles. The fraction of sp³-hybridized carbons (Fsp3) is 0.381. The lowest BCUT2D eigenvalue weighted by atomic mass is 10.00. The number of likely N-dealkylation sites (tertiary alicyclic amines) is 1. The van der Waals surface area contributed by atoms with Crippen molar-refractivity contribution in [2.24, 2.45) is 0 Å². The molecular formula is C21H24N4O3. The first-order valence-electron chi connectivity index (χ1n) is 9.77. The van der Waals surface area contributed by atoms with Crippen molar-refractivity contribution in [2.75, 3.05) is 6.54 Å². The zero-order valence-corrected chi connectivity index (χ0v) is 15.9. The highest BCUT2D eigenvalue weighted by Crippen LogP contribution is 2.23. The number of amides is 2. The summed E-state index contributed by atoms with van der Waals surface area (Å²) in [6.45, 7) is 3.11. The van der Waals surface area contributed by atoms with E-state index in [4.69, 9.17) is 4.42 Å². The molecule has 4 rings (SSSR count). The highest BCUT2D eigenvalue weighted by Gasteiger charge is 2.30. The van der Waals surface area contributed by atoms with Crippen LogP contribution < -0.4 is 5.32 Å². The van der Waals surface area contributed by atoms with Gasteiger partial charge in [-0.2, -0.15) is 0 Å². The van der Waals surface area contributed by atoms with E-state index < -0.39 is 0 Å². The molecule has 1 unspecified atom stereocenters. The number of piperidine rings is 1. The van der Waals surface area contributed by atoms with E-state index in [1.54, 1.807) is 35.1 Å². The van der Waals surface area contributed by atoms with Gasteiger partial charge in [-0.1, -0.05) is 13.0 Å². The van der Waals surface area contributed by atoms with Crippen LogP contribution >= 0.6 is 0 Å². The van der Waals surface area contributed by atoms with E-state index in [-0.39, 0.29) is 30.1 Å². The van der Waals surface area contributed by atoms with Crippen molar-refractivity contribution in [1.29, 1.82) is 0 Å². The molecule has 3 aromatic heterocycles. The molecule has 2 amide bonds. The number of hydrogen-bond donors (Lipinski definition) is 1. The van der Waals surface area contributed by atoms with Crippen LogP contribution in [-0.4, -0.2) is 38.7 Å². The number of aromatic nitrogens is 2. The molecule has 0 aliphatic carbocycles. The van der Waals surface area contributed by atoms with Crippen LogP contribution in [0, 0.1) is 0 Å². The molecule has 146 valence electrons. The summed E-state index contributed by atoms with van der Waals surface area (Å²) in [4.78, 5) is 32.4. The Morgan fingerprint density at radius 1 is 1.25 bits per heavy atom. The number of nitrogens with zero attached hydrogens (tertiary/aromatic N) is 3. The lowest BCUT2D eigenvalue weighted by Gasteiger charge is -2.34. The Kier molecular flexibility index (Phi) is 5.14. The number of furan rings is 1. The average molecular weight is 380 g/mol. The summed E-state index contributed by atoms with van der Waals surface area (Å²) in [6.07, 6.45) is 7.43. The predicted octanol–water partition coefficient (Wildman–Crippen LogP) is 3.26.